The van der Waals surface area contributed by atoms with Crippen molar-refractivity contribution >= 4 is 28.9 Å². The van der Waals surface area contributed by atoms with Gasteiger partial charge in [0.1, 0.15) is 5.75 Å². The Morgan fingerprint density at radius 2 is 1.85 bits per heavy atom. The third-order valence-electron chi connectivity index (χ3n) is 3.83. The molecule has 26 heavy (non-hydrogen) atoms. The predicted octanol–water partition coefficient (Wildman–Crippen LogP) is 3.77. The first-order chi connectivity index (χ1) is 12.5. The number of aryl methyl sites for hydroxylation is 1. The second-order valence-electron chi connectivity index (χ2n) is 6.19. The highest BCUT2D eigenvalue weighted by atomic mass is 32.1. The molecule has 0 heterocycles. The van der Waals surface area contributed by atoms with Gasteiger partial charge in [-0.1, -0.05) is 45.0 Å². The van der Waals surface area contributed by atoms with Gasteiger partial charge in [0.2, 0.25) is 0 Å². The van der Waals surface area contributed by atoms with Crippen molar-refractivity contribution in [1.82, 2.24) is 10.9 Å². The monoisotopic (exact) mass is 371 g/mol. The molecule has 0 fully saturated rings. The summed E-state index contributed by atoms with van der Waals surface area (Å²) in [5, 5.41) is 3.33. The van der Waals surface area contributed by atoms with E-state index < -0.39 is 0 Å². The van der Waals surface area contributed by atoms with Crippen LogP contribution in [-0.2, 0) is 11.2 Å². The topological polar surface area (TPSA) is 62.4 Å². The summed E-state index contributed by atoms with van der Waals surface area (Å²) in [6.07, 6.45) is 0.920. The molecule has 0 unspecified atom stereocenters. The van der Waals surface area contributed by atoms with Gasteiger partial charge in [0, 0.05) is 5.69 Å². The Labute approximate surface area is 160 Å². The lowest BCUT2D eigenvalue weighted by molar-refractivity contribution is -0.123. The Kier molecular flexibility index (Phi) is 7.41. The largest absolute Gasteiger partial charge is 0.484 e. The Bertz CT molecular complexity index is 745. The Hall–Kier alpha value is -2.60. The van der Waals surface area contributed by atoms with E-state index in [4.69, 9.17) is 17.0 Å². The molecule has 0 saturated carbocycles. The number of ether oxygens (including phenoxy) is 1. The van der Waals surface area contributed by atoms with Gasteiger partial charge in [0.15, 0.2) is 11.7 Å². The molecule has 0 aromatic heterocycles. The first-order valence-electron chi connectivity index (χ1n) is 8.65. The highest BCUT2D eigenvalue weighted by Crippen LogP contribution is 2.17. The number of carbonyl (C=O) groups excluding carboxylic acids is 1. The first-order valence-corrected chi connectivity index (χ1v) is 9.06. The van der Waals surface area contributed by atoms with Crippen molar-refractivity contribution in [2.75, 3.05) is 11.9 Å². The van der Waals surface area contributed by atoms with Gasteiger partial charge in [-0.05, 0) is 59.9 Å². The average molecular weight is 372 g/mol. The normalized spacial score (nSPS) is 10.3. The maximum absolute atomic E-state index is 11.9. The smallest absolute Gasteiger partial charge is 0.276 e. The molecule has 2 aromatic carbocycles. The Morgan fingerprint density at radius 3 is 2.50 bits per heavy atom. The predicted molar refractivity (Wildman–Crippen MR) is 109 cm³/mol. The molecule has 0 aliphatic carbocycles. The lowest BCUT2D eigenvalue weighted by Crippen LogP contribution is -2.45. The van der Waals surface area contributed by atoms with Crippen molar-refractivity contribution in [3.05, 3.63) is 59.7 Å². The summed E-state index contributed by atoms with van der Waals surface area (Å²) >= 11 is 5.17. The van der Waals surface area contributed by atoms with Crippen LogP contribution in [0.5, 0.6) is 5.75 Å². The van der Waals surface area contributed by atoms with Gasteiger partial charge in [-0.25, -0.2) is 0 Å². The number of anilines is 1. The third-order valence-corrected chi connectivity index (χ3v) is 4.03. The Balaban J connectivity index is 1.73. The summed E-state index contributed by atoms with van der Waals surface area (Å²) in [5.74, 6) is 0.836. The highest BCUT2D eigenvalue weighted by Gasteiger charge is 2.05. The molecular weight excluding hydrogens is 346 g/mol. The van der Waals surface area contributed by atoms with Gasteiger partial charge >= 0.3 is 0 Å². The maximum atomic E-state index is 11.9. The van der Waals surface area contributed by atoms with Gasteiger partial charge in [0.25, 0.3) is 5.91 Å². The van der Waals surface area contributed by atoms with Crippen LogP contribution in [0.3, 0.4) is 0 Å². The summed E-state index contributed by atoms with van der Waals surface area (Å²) in [5.41, 5.74) is 8.46. The van der Waals surface area contributed by atoms with Crippen molar-refractivity contribution in [3.8, 4) is 5.75 Å². The van der Waals surface area contributed by atoms with Gasteiger partial charge in [-0.2, -0.15) is 0 Å². The van der Waals surface area contributed by atoms with E-state index in [0.717, 1.165) is 17.7 Å². The van der Waals surface area contributed by atoms with Gasteiger partial charge in [-0.3, -0.25) is 15.6 Å². The van der Waals surface area contributed by atoms with E-state index in [-0.39, 0.29) is 12.5 Å². The molecule has 138 valence electrons. The highest BCUT2D eigenvalue weighted by molar-refractivity contribution is 7.80. The number of rotatable bonds is 6. The molecule has 0 aliphatic rings. The minimum Gasteiger partial charge on any atom is -0.484 e. The van der Waals surface area contributed by atoms with Crippen molar-refractivity contribution in [2.24, 2.45) is 0 Å². The van der Waals surface area contributed by atoms with Gasteiger partial charge in [-0.15, -0.1) is 0 Å². The van der Waals surface area contributed by atoms with E-state index in [1.165, 1.54) is 5.56 Å². The number of nitrogens with one attached hydrogen (secondary N) is 3. The molecule has 2 aromatic rings. The van der Waals surface area contributed by atoms with Crippen LogP contribution in [0, 0.1) is 0 Å². The second-order valence-corrected chi connectivity index (χ2v) is 6.60. The molecular formula is C20H25N3O2S. The lowest BCUT2D eigenvalue weighted by atomic mass is 10.0. The van der Waals surface area contributed by atoms with Crippen LogP contribution in [0.25, 0.3) is 0 Å². The van der Waals surface area contributed by atoms with Crippen LogP contribution in [0.4, 0.5) is 5.69 Å². The Morgan fingerprint density at radius 1 is 1.12 bits per heavy atom. The fraction of sp³-hybridized carbons (Fsp3) is 0.300. The van der Waals surface area contributed by atoms with Crippen molar-refractivity contribution in [2.45, 2.75) is 33.1 Å². The molecule has 0 bridgehead atoms. The van der Waals surface area contributed by atoms with Crippen LogP contribution in [0.2, 0.25) is 0 Å². The van der Waals surface area contributed by atoms with Crippen molar-refractivity contribution < 1.29 is 9.53 Å². The molecule has 0 saturated heterocycles. The maximum Gasteiger partial charge on any atom is 0.276 e. The number of amides is 1. The molecule has 6 heteroatoms. The third kappa shape index (κ3) is 6.37. The molecule has 2 rings (SSSR count). The minimum absolute atomic E-state index is 0.0914. The van der Waals surface area contributed by atoms with Gasteiger partial charge in [0.05, 0.1) is 0 Å². The van der Waals surface area contributed by atoms with Crippen molar-refractivity contribution in [1.29, 1.82) is 0 Å². The quantitative estimate of drug-likeness (QED) is 0.533. The molecule has 1 amide bonds. The van der Waals surface area contributed by atoms with E-state index in [0.29, 0.717) is 16.8 Å². The lowest BCUT2D eigenvalue weighted by Gasteiger charge is -2.13. The number of hydrazine groups is 1. The number of hydrogen-bond donors (Lipinski definition) is 3. The zero-order chi connectivity index (χ0) is 18.9. The average Bonchev–Trinajstić information content (AvgIpc) is 2.65. The van der Waals surface area contributed by atoms with E-state index in [1.54, 1.807) is 0 Å². The minimum atomic E-state index is -0.314. The fourth-order valence-corrected chi connectivity index (χ4v) is 2.45. The summed E-state index contributed by atoms with van der Waals surface area (Å²) < 4.78 is 5.48. The molecule has 0 spiro atoms. The summed E-state index contributed by atoms with van der Waals surface area (Å²) in [7, 11) is 0. The molecule has 0 radical (unpaired) electrons. The van der Waals surface area contributed by atoms with Crippen LogP contribution in [-0.4, -0.2) is 17.6 Å². The van der Waals surface area contributed by atoms with E-state index in [9.17, 15) is 4.79 Å². The first kappa shape index (κ1) is 19.7. The van der Waals surface area contributed by atoms with E-state index in [1.807, 2.05) is 48.5 Å². The summed E-state index contributed by atoms with van der Waals surface area (Å²) in [4.78, 5) is 11.9. The SMILES string of the molecule is CCc1cccc(OCC(=O)NNC(=S)Nc2ccc(C(C)C)cc2)c1. The molecule has 3 N–H and O–H groups in total. The summed E-state index contributed by atoms with van der Waals surface area (Å²) in [6.45, 7) is 6.27. The number of benzene rings is 2. The number of carbonyl (C=O) groups is 1. The zero-order valence-corrected chi connectivity index (χ0v) is 16.2. The van der Waals surface area contributed by atoms with Gasteiger partial charge < -0.3 is 10.1 Å². The molecule has 0 atom stereocenters. The van der Waals surface area contributed by atoms with Crippen LogP contribution >= 0.6 is 12.2 Å². The second kappa shape index (κ2) is 9.77. The number of thiocarbonyl (C=S) groups is 1. The van der Waals surface area contributed by atoms with Crippen LogP contribution in [0.1, 0.15) is 37.8 Å². The van der Waals surface area contributed by atoms with E-state index >= 15 is 0 Å². The number of hydrogen-bond acceptors (Lipinski definition) is 3. The van der Waals surface area contributed by atoms with Crippen LogP contribution < -0.4 is 20.9 Å². The van der Waals surface area contributed by atoms with Crippen LogP contribution in [0.15, 0.2) is 48.5 Å². The zero-order valence-electron chi connectivity index (χ0n) is 15.3. The van der Waals surface area contributed by atoms with E-state index in [2.05, 4.69) is 36.9 Å². The molecule has 0 aliphatic heterocycles. The standard InChI is InChI=1S/C20H25N3O2S/c1-4-15-6-5-7-18(12-15)25-13-19(24)22-23-20(26)21-17-10-8-16(9-11-17)14(2)3/h5-12,14H,4,13H2,1-3H3,(H,22,24)(H2,21,23,26). The summed E-state index contributed by atoms with van der Waals surface area (Å²) in [6, 6.07) is 15.7. The fourth-order valence-electron chi connectivity index (χ4n) is 2.28. The molecule has 5 nitrogen and oxygen atoms in total. The van der Waals surface area contributed by atoms with Crippen molar-refractivity contribution in [3.63, 3.8) is 0 Å².